The number of para-hydroxylation sites is 1. The number of benzene rings is 1. The number of rotatable bonds is 6. The average Bonchev–Trinajstić information content (AvgIpc) is 3.02. The van der Waals surface area contributed by atoms with E-state index in [2.05, 4.69) is 33.2 Å². The Bertz CT molecular complexity index is 870. The molecule has 29 heavy (non-hydrogen) atoms. The Balaban J connectivity index is 1.47. The van der Waals surface area contributed by atoms with Crippen LogP contribution in [0.4, 0.5) is 5.82 Å². The third-order valence-electron chi connectivity index (χ3n) is 6.14. The molecular formula is C22H31N5O2. The van der Waals surface area contributed by atoms with E-state index in [-0.39, 0.29) is 11.8 Å². The van der Waals surface area contributed by atoms with Gasteiger partial charge in [-0.05, 0) is 19.5 Å². The first-order chi connectivity index (χ1) is 14.1. The van der Waals surface area contributed by atoms with Gasteiger partial charge in [-0.2, -0.15) is 5.10 Å². The van der Waals surface area contributed by atoms with Gasteiger partial charge >= 0.3 is 0 Å². The number of likely N-dealkylation sites (N-methyl/N-ethyl adjacent to an activating group) is 1. The van der Waals surface area contributed by atoms with Gasteiger partial charge in [-0.3, -0.25) is 14.4 Å². The molecule has 1 N–H and O–H groups in total. The summed E-state index contributed by atoms with van der Waals surface area (Å²) in [4.78, 5) is 17.3. The third-order valence-corrected chi connectivity index (χ3v) is 6.14. The minimum Gasteiger partial charge on any atom is -0.492 e. The number of amides is 1. The first-order valence-corrected chi connectivity index (χ1v) is 10.6. The molecule has 2 aliphatic heterocycles. The lowest BCUT2D eigenvalue weighted by atomic mass is 9.85. The second kappa shape index (κ2) is 8.55. The number of piperazine rings is 1. The highest BCUT2D eigenvalue weighted by atomic mass is 16.5. The fraction of sp³-hybridized carbons (Fsp3) is 0.545. The van der Waals surface area contributed by atoms with Crippen molar-refractivity contribution in [2.75, 3.05) is 51.2 Å². The number of aryl methyl sites for hydroxylation is 2. The smallest absolute Gasteiger partial charge is 0.226 e. The molecule has 4 rings (SSSR count). The van der Waals surface area contributed by atoms with Crippen LogP contribution in [0.1, 0.15) is 36.1 Å². The van der Waals surface area contributed by atoms with Crippen LogP contribution >= 0.6 is 0 Å². The molecule has 7 heteroatoms. The molecule has 156 valence electrons. The summed E-state index contributed by atoms with van der Waals surface area (Å²) in [5.74, 6) is 1.66. The van der Waals surface area contributed by atoms with E-state index < -0.39 is 0 Å². The number of aromatic nitrogens is 2. The van der Waals surface area contributed by atoms with Gasteiger partial charge in [0.1, 0.15) is 18.2 Å². The summed E-state index contributed by atoms with van der Waals surface area (Å²) in [6, 6.07) is 8.11. The van der Waals surface area contributed by atoms with Crippen molar-refractivity contribution in [2.45, 2.75) is 26.2 Å². The number of fused-ring (bicyclic) bond motifs is 1. The van der Waals surface area contributed by atoms with Crippen LogP contribution in [-0.4, -0.2) is 71.4 Å². The standard InChI is InChI=1S/C22H31N5O2/c1-4-26-9-11-27(12-10-26)13-14-29-19-8-6-5-7-17(19)18-15-20(28)23-22-21(18)16(2)24-25(22)3/h5-8,18H,4,9-15H2,1-3H3,(H,23,28). The lowest BCUT2D eigenvalue weighted by Crippen LogP contribution is -2.47. The van der Waals surface area contributed by atoms with E-state index in [1.54, 1.807) is 4.68 Å². The molecule has 1 fully saturated rings. The first kappa shape index (κ1) is 19.9. The molecule has 1 aromatic carbocycles. The molecule has 3 heterocycles. The lowest BCUT2D eigenvalue weighted by Gasteiger charge is -2.34. The van der Waals surface area contributed by atoms with Gasteiger partial charge in [0, 0.05) is 63.2 Å². The summed E-state index contributed by atoms with van der Waals surface area (Å²) < 4.78 is 7.99. The summed E-state index contributed by atoms with van der Waals surface area (Å²) in [6.45, 7) is 11.4. The topological polar surface area (TPSA) is 62.6 Å². The molecule has 0 radical (unpaired) electrons. The van der Waals surface area contributed by atoms with E-state index >= 15 is 0 Å². The summed E-state index contributed by atoms with van der Waals surface area (Å²) in [5.41, 5.74) is 3.12. The molecular weight excluding hydrogens is 366 g/mol. The Morgan fingerprint density at radius 1 is 1.17 bits per heavy atom. The Hall–Kier alpha value is -2.38. The van der Waals surface area contributed by atoms with E-state index in [4.69, 9.17) is 4.74 Å². The van der Waals surface area contributed by atoms with Crippen molar-refractivity contribution in [2.24, 2.45) is 7.05 Å². The van der Waals surface area contributed by atoms with Gasteiger partial charge in [-0.1, -0.05) is 25.1 Å². The Morgan fingerprint density at radius 2 is 1.90 bits per heavy atom. The maximum Gasteiger partial charge on any atom is 0.226 e. The van der Waals surface area contributed by atoms with Gasteiger partial charge in [0.2, 0.25) is 5.91 Å². The number of ether oxygens (including phenoxy) is 1. The van der Waals surface area contributed by atoms with Crippen molar-refractivity contribution >= 4 is 11.7 Å². The van der Waals surface area contributed by atoms with Crippen LogP contribution in [0.3, 0.4) is 0 Å². The van der Waals surface area contributed by atoms with Crippen LogP contribution in [0, 0.1) is 6.92 Å². The minimum absolute atomic E-state index is 0.0223. The molecule has 0 aliphatic carbocycles. The van der Waals surface area contributed by atoms with E-state index in [0.717, 1.165) is 67.7 Å². The molecule has 0 saturated carbocycles. The summed E-state index contributed by atoms with van der Waals surface area (Å²) in [5, 5.41) is 7.49. The van der Waals surface area contributed by atoms with E-state index in [1.165, 1.54) is 0 Å². The zero-order chi connectivity index (χ0) is 20.4. The number of carbonyl (C=O) groups excluding carboxylic acids is 1. The molecule has 0 bridgehead atoms. The Morgan fingerprint density at radius 3 is 2.66 bits per heavy atom. The number of hydrogen-bond acceptors (Lipinski definition) is 5. The zero-order valence-electron chi connectivity index (χ0n) is 17.6. The SMILES string of the molecule is CCN1CCN(CCOc2ccccc2C2CC(=O)Nc3c2c(C)nn3C)CC1. The van der Waals surface area contributed by atoms with Gasteiger partial charge in [-0.25, -0.2) is 0 Å². The third kappa shape index (κ3) is 4.16. The van der Waals surface area contributed by atoms with Crippen LogP contribution in [0.25, 0.3) is 0 Å². The molecule has 2 aromatic rings. The maximum atomic E-state index is 12.4. The van der Waals surface area contributed by atoms with Gasteiger partial charge in [0.25, 0.3) is 0 Å². The summed E-state index contributed by atoms with van der Waals surface area (Å²) >= 11 is 0. The highest BCUT2D eigenvalue weighted by Crippen LogP contribution is 2.42. The molecule has 0 spiro atoms. The van der Waals surface area contributed by atoms with Crippen molar-refractivity contribution in [1.82, 2.24) is 19.6 Å². The minimum atomic E-state index is -0.0308. The Labute approximate surface area is 172 Å². The summed E-state index contributed by atoms with van der Waals surface area (Å²) in [7, 11) is 1.87. The molecule has 1 aromatic heterocycles. The number of nitrogens with one attached hydrogen (secondary N) is 1. The fourth-order valence-corrected chi connectivity index (χ4v) is 4.49. The number of hydrogen-bond donors (Lipinski definition) is 1. The van der Waals surface area contributed by atoms with Gasteiger partial charge in [0.05, 0.1) is 5.69 Å². The molecule has 2 aliphatic rings. The molecule has 1 saturated heterocycles. The number of anilines is 1. The average molecular weight is 398 g/mol. The van der Waals surface area contributed by atoms with Crippen molar-refractivity contribution in [3.8, 4) is 5.75 Å². The monoisotopic (exact) mass is 397 g/mol. The van der Waals surface area contributed by atoms with Crippen molar-refractivity contribution in [3.63, 3.8) is 0 Å². The normalized spacial score (nSPS) is 20.4. The van der Waals surface area contributed by atoms with E-state index in [0.29, 0.717) is 13.0 Å². The van der Waals surface area contributed by atoms with Crippen LogP contribution in [-0.2, 0) is 11.8 Å². The lowest BCUT2D eigenvalue weighted by molar-refractivity contribution is -0.116. The van der Waals surface area contributed by atoms with Crippen molar-refractivity contribution in [3.05, 3.63) is 41.1 Å². The molecule has 1 atom stereocenters. The Kier molecular flexibility index (Phi) is 5.87. The van der Waals surface area contributed by atoms with E-state index in [1.807, 2.05) is 32.2 Å². The molecule has 1 amide bonds. The predicted octanol–water partition coefficient (Wildman–Crippen LogP) is 2.22. The number of carbonyl (C=O) groups is 1. The quantitative estimate of drug-likeness (QED) is 0.810. The number of nitrogens with zero attached hydrogens (tertiary/aromatic N) is 4. The molecule has 1 unspecified atom stereocenters. The predicted molar refractivity (Wildman–Crippen MR) is 114 cm³/mol. The van der Waals surface area contributed by atoms with Crippen LogP contribution < -0.4 is 10.1 Å². The van der Waals surface area contributed by atoms with Gasteiger partial charge < -0.3 is 15.0 Å². The largest absolute Gasteiger partial charge is 0.492 e. The van der Waals surface area contributed by atoms with Crippen LogP contribution in [0.15, 0.2) is 24.3 Å². The molecule has 7 nitrogen and oxygen atoms in total. The first-order valence-electron chi connectivity index (χ1n) is 10.6. The van der Waals surface area contributed by atoms with Gasteiger partial charge in [0.15, 0.2) is 0 Å². The second-order valence-corrected chi connectivity index (χ2v) is 7.94. The highest BCUT2D eigenvalue weighted by molar-refractivity contribution is 5.94. The van der Waals surface area contributed by atoms with Crippen LogP contribution in [0.5, 0.6) is 5.75 Å². The second-order valence-electron chi connectivity index (χ2n) is 7.94. The van der Waals surface area contributed by atoms with E-state index in [9.17, 15) is 4.79 Å². The van der Waals surface area contributed by atoms with Crippen LogP contribution in [0.2, 0.25) is 0 Å². The summed E-state index contributed by atoms with van der Waals surface area (Å²) in [6.07, 6.45) is 0.416. The maximum absolute atomic E-state index is 12.4. The van der Waals surface area contributed by atoms with Crippen molar-refractivity contribution < 1.29 is 9.53 Å². The highest BCUT2D eigenvalue weighted by Gasteiger charge is 2.33. The zero-order valence-corrected chi connectivity index (χ0v) is 17.6. The van der Waals surface area contributed by atoms with Crippen molar-refractivity contribution in [1.29, 1.82) is 0 Å². The fourth-order valence-electron chi connectivity index (χ4n) is 4.49. The van der Waals surface area contributed by atoms with Gasteiger partial charge in [-0.15, -0.1) is 0 Å².